The molecule has 0 bridgehead atoms. The molecule has 6 atom stereocenters. The summed E-state index contributed by atoms with van der Waals surface area (Å²) in [7, 11) is -1.79. The topological polar surface area (TPSA) is 29.5 Å². The van der Waals surface area contributed by atoms with Gasteiger partial charge >= 0.3 is 0 Å². The van der Waals surface area contributed by atoms with E-state index in [1.165, 1.54) is 12.8 Å². The molecule has 2 nitrogen and oxygen atoms in total. The van der Waals surface area contributed by atoms with Crippen LogP contribution in [0.1, 0.15) is 74.1 Å². The molecule has 0 aromatic heterocycles. The molecule has 0 aliphatic heterocycles. The Hall–Kier alpha value is 0.137. The Morgan fingerprint density at radius 1 is 1.00 bits per heavy atom. The largest absolute Gasteiger partial charge is 0.413 e. The number of rotatable bonds is 2. The predicted molar refractivity (Wildman–Crippen MR) is 104 cm³/mol. The molecule has 0 spiro atoms. The second kappa shape index (κ2) is 5.10. The van der Waals surface area contributed by atoms with Crippen LogP contribution in [0.2, 0.25) is 18.1 Å². The Bertz CT molecular complexity index is 516. The van der Waals surface area contributed by atoms with Gasteiger partial charge in [-0.05, 0) is 79.3 Å². The first-order valence-corrected chi connectivity index (χ1v) is 13.0. The lowest BCUT2D eigenvalue weighted by Crippen LogP contribution is -2.60. The molecular weight excluding hydrogens is 312 g/mol. The second-order valence-corrected chi connectivity index (χ2v) is 16.5. The summed E-state index contributed by atoms with van der Waals surface area (Å²) in [6, 6.07) is 0. The number of hydrogen-bond donors (Lipinski definition) is 1. The summed E-state index contributed by atoms with van der Waals surface area (Å²) < 4.78 is 6.97. The van der Waals surface area contributed by atoms with Crippen LogP contribution in [0.5, 0.6) is 0 Å². The molecule has 0 unspecified atom stereocenters. The van der Waals surface area contributed by atoms with Crippen LogP contribution >= 0.6 is 0 Å². The van der Waals surface area contributed by atoms with Crippen LogP contribution in [0.4, 0.5) is 0 Å². The van der Waals surface area contributed by atoms with E-state index in [2.05, 4.69) is 61.6 Å². The fourth-order valence-corrected chi connectivity index (χ4v) is 7.58. The van der Waals surface area contributed by atoms with Crippen molar-refractivity contribution < 1.29 is 9.53 Å². The molecule has 0 radical (unpaired) electrons. The van der Waals surface area contributed by atoms with Gasteiger partial charge in [0, 0.05) is 0 Å². The quantitative estimate of drug-likeness (QED) is 0.654. The Labute approximate surface area is 150 Å². The van der Waals surface area contributed by atoms with Crippen LogP contribution in [-0.2, 0) is 4.43 Å². The number of aliphatic hydroxyl groups is 1. The van der Waals surface area contributed by atoms with Crippen molar-refractivity contribution in [3.8, 4) is 0 Å². The van der Waals surface area contributed by atoms with E-state index < -0.39 is 13.9 Å². The SMILES string of the molecule is CC1(C)[C@@H]2[C@H]1CC[C@]1(C)[C@@H](O[Si](C)(C)C(C)(C)C)CC[C@@](C)(O)[C@@H]21. The van der Waals surface area contributed by atoms with Gasteiger partial charge in [0.15, 0.2) is 8.32 Å². The molecule has 140 valence electrons. The van der Waals surface area contributed by atoms with E-state index in [9.17, 15) is 5.11 Å². The summed E-state index contributed by atoms with van der Waals surface area (Å²) in [5, 5.41) is 11.5. The van der Waals surface area contributed by atoms with Gasteiger partial charge in [-0.25, -0.2) is 0 Å². The van der Waals surface area contributed by atoms with Crippen molar-refractivity contribution in [3.05, 3.63) is 0 Å². The third-order valence-corrected chi connectivity index (χ3v) is 13.3. The van der Waals surface area contributed by atoms with Gasteiger partial charge in [0.1, 0.15) is 0 Å². The summed E-state index contributed by atoms with van der Waals surface area (Å²) in [5.41, 5.74) is 0.0106. The van der Waals surface area contributed by atoms with Crippen molar-refractivity contribution in [2.45, 2.75) is 104 Å². The highest BCUT2D eigenvalue weighted by molar-refractivity contribution is 6.74. The lowest BCUT2D eigenvalue weighted by atomic mass is 9.53. The second-order valence-electron chi connectivity index (χ2n) is 11.7. The zero-order valence-electron chi connectivity index (χ0n) is 17.5. The minimum absolute atomic E-state index is 0.131. The van der Waals surface area contributed by atoms with Crippen molar-refractivity contribution in [1.29, 1.82) is 0 Å². The Morgan fingerprint density at radius 2 is 1.58 bits per heavy atom. The van der Waals surface area contributed by atoms with E-state index >= 15 is 0 Å². The van der Waals surface area contributed by atoms with Crippen molar-refractivity contribution in [3.63, 3.8) is 0 Å². The average Bonchev–Trinajstić information content (AvgIpc) is 2.93. The van der Waals surface area contributed by atoms with E-state index in [1.54, 1.807) is 0 Å². The summed E-state index contributed by atoms with van der Waals surface area (Å²) >= 11 is 0. The van der Waals surface area contributed by atoms with Gasteiger partial charge in [-0.15, -0.1) is 0 Å². The van der Waals surface area contributed by atoms with Gasteiger partial charge in [0.25, 0.3) is 0 Å². The van der Waals surface area contributed by atoms with Crippen molar-refractivity contribution >= 4 is 8.32 Å². The molecule has 0 aromatic rings. The minimum atomic E-state index is -1.79. The lowest BCUT2D eigenvalue weighted by molar-refractivity contribution is -0.169. The number of hydrogen-bond acceptors (Lipinski definition) is 2. The third-order valence-electron chi connectivity index (χ3n) is 8.76. The zero-order valence-corrected chi connectivity index (χ0v) is 18.5. The van der Waals surface area contributed by atoms with Gasteiger partial charge in [-0.1, -0.05) is 41.5 Å². The van der Waals surface area contributed by atoms with E-state index in [4.69, 9.17) is 4.43 Å². The lowest BCUT2D eigenvalue weighted by Gasteiger charge is -2.58. The molecule has 3 rings (SSSR count). The Balaban J connectivity index is 1.92. The van der Waals surface area contributed by atoms with E-state index in [-0.39, 0.29) is 10.5 Å². The Morgan fingerprint density at radius 3 is 2.12 bits per heavy atom. The van der Waals surface area contributed by atoms with Crippen molar-refractivity contribution in [2.75, 3.05) is 0 Å². The molecule has 0 saturated heterocycles. The normalized spacial score (nSPS) is 47.8. The smallest absolute Gasteiger partial charge is 0.192 e. The van der Waals surface area contributed by atoms with Gasteiger partial charge < -0.3 is 9.53 Å². The van der Waals surface area contributed by atoms with E-state index in [1.807, 2.05) is 0 Å². The molecular formula is C21H40O2Si. The highest BCUT2D eigenvalue weighted by Crippen LogP contribution is 2.74. The fraction of sp³-hybridized carbons (Fsp3) is 1.00. The van der Waals surface area contributed by atoms with Crippen LogP contribution in [0.25, 0.3) is 0 Å². The molecule has 1 N–H and O–H groups in total. The summed E-state index contributed by atoms with van der Waals surface area (Å²) in [4.78, 5) is 0. The predicted octanol–water partition coefficient (Wildman–Crippen LogP) is 5.61. The highest BCUT2D eigenvalue weighted by Gasteiger charge is 2.72. The first-order chi connectivity index (χ1) is 10.6. The van der Waals surface area contributed by atoms with Gasteiger partial charge in [0.05, 0.1) is 11.7 Å². The summed E-state index contributed by atoms with van der Waals surface area (Å²) in [6.07, 6.45) is 4.77. The minimum Gasteiger partial charge on any atom is -0.413 e. The maximum Gasteiger partial charge on any atom is 0.192 e. The fourth-order valence-electron chi connectivity index (χ4n) is 6.13. The molecule has 24 heavy (non-hydrogen) atoms. The summed E-state index contributed by atoms with van der Waals surface area (Å²) in [5.74, 6) is 1.88. The van der Waals surface area contributed by atoms with Gasteiger partial charge in [-0.2, -0.15) is 0 Å². The van der Waals surface area contributed by atoms with Crippen LogP contribution in [-0.4, -0.2) is 25.1 Å². The monoisotopic (exact) mass is 352 g/mol. The van der Waals surface area contributed by atoms with Crippen LogP contribution in [0, 0.1) is 28.6 Å². The maximum atomic E-state index is 11.3. The van der Waals surface area contributed by atoms with Crippen molar-refractivity contribution in [2.24, 2.45) is 28.6 Å². The molecule has 3 heteroatoms. The molecule has 0 amide bonds. The zero-order chi connectivity index (χ0) is 18.3. The molecule has 3 saturated carbocycles. The van der Waals surface area contributed by atoms with E-state index in [0.29, 0.717) is 23.4 Å². The average molecular weight is 353 g/mol. The molecule has 3 aliphatic rings. The van der Waals surface area contributed by atoms with Crippen LogP contribution < -0.4 is 0 Å². The summed E-state index contributed by atoms with van der Waals surface area (Å²) in [6.45, 7) is 21.1. The molecule has 0 aromatic carbocycles. The van der Waals surface area contributed by atoms with Gasteiger partial charge in [-0.3, -0.25) is 0 Å². The van der Waals surface area contributed by atoms with Crippen molar-refractivity contribution in [1.82, 2.24) is 0 Å². The first-order valence-electron chi connectivity index (χ1n) is 10.0. The molecule has 0 heterocycles. The highest BCUT2D eigenvalue weighted by atomic mass is 28.4. The third kappa shape index (κ3) is 2.56. The standard InChI is InChI=1S/C21H40O2Si/c1-18(2,3)24(8,9)23-15-11-13-21(7,22)17-16-14(19(16,4)5)10-12-20(15,17)6/h14-17,22H,10-13H2,1-9H3/t14-,15+,16-,17+,20-,21-/m1/s1. The molecule has 3 aliphatic carbocycles. The van der Waals surface area contributed by atoms with Gasteiger partial charge in [0.2, 0.25) is 0 Å². The molecule has 3 fully saturated rings. The Kier molecular flexibility index (Phi) is 4.02. The van der Waals surface area contributed by atoms with E-state index in [0.717, 1.165) is 18.8 Å². The van der Waals surface area contributed by atoms with Crippen LogP contribution in [0.3, 0.4) is 0 Å². The van der Waals surface area contributed by atoms with Crippen LogP contribution in [0.15, 0.2) is 0 Å². The first kappa shape index (κ1) is 18.9. The number of fused-ring (bicyclic) bond motifs is 3. The maximum absolute atomic E-state index is 11.3.